The van der Waals surface area contributed by atoms with Crippen LogP contribution in [0.3, 0.4) is 0 Å². The summed E-state index contributed by atoms with van der Waals surface area (Å²) in [4.78, 5) is 7.12. The molecule has 6 heteroatoms. The molecule has 0 bridgehead atoms. The first-order valence-corrected chi connectivity index (χ1v) is 9.48. The van der Waals surface area contributed by atoms with Gasteiger partial charge in [0.2, 0.25) is 0 Å². The van der Waals surface area contributed by atoms with Crippen molar-refractivity contribution in [2.24, 2.45) is 0 Å². The van der Waals surface area contributed by atoms with Gasteiger partial charge in [0.25, 0.3) is 0 Å². The van der Waals surface area contributed by atoms with Gasteiger partial charge in [0, 0.05) is 36.5 Å². The van der Waals surface area contributed by atoms with E-state index in [0.717, 1.165) is 24.6 Å². The number of aromatic nitrogens is 1. The van der Waals surface area contributed by atoms with Crippen molar-refractivity contribution in [2.45, 2.75) is 64.4 Å². The highest BCUT2D eigenvalue weighted by Crippen LogP contribution is 2.21. The molecule has 1 fully saturated rings. The van der Waals surface area contributed by atoms with Crippen LogP contribution >= 0.6 is 0 Å². The van der Waals surface area contributed by atoms with Gasteiger partial charge in [-0.25, -0.2) is 4.98 Å². The van der Waals surface area contributed by atoms with Gasteiger partial charge < -0.3 is 14.8 Å². The number of nitrogens with zero attached hydrogens (tertiary/aromatic N) is 2. The summed E-state index contributed by atoms with van der Waals surface area (Å²) in [6.45, 7) is 14.2. The monoisotopic (exact) mass is 338 g/mol. The summed E-state index contributed by atoms with van der Waals surface area (Å²) in [6.07, 6.45) is 0. The summed E-state index contributed by atoms with van der Waals surface area (Å²) in [5, 5.41) is 3.54. The van der Waals surface area contributed by atoms with Crippen molar-refractivity contribution in [2.75, 3.05) is 18.0 Å². The topological polar surface area (TPSA) is 63.2 Å². The van der Waals surface area contributed by atoms with E-state index in [2.05, 4.69) is 34.9 Å². The molecular weight excluding hydrogens is 308 g/mol. The van der Waals surface area contributed by atoms with Gasteiger partial charge in [0.05, 0.1) is 11.7 Å². The highest BCUT2D eigenvalue weighted by molar-refractivity contribution is 7.90. The van der Waals surface area contributed by atoms with Crippen molar-refractivity contribution in [3.05, 3.63) is 23.9 Å². The van der Waals surface area contributed by atoms with Crippen molar-refractivity contribution in [1.29, 1.82) is 0 Å². The average Bonchev–Trinajstić information content (AvgIpc) is 2.45. The predicted octanol–water partition coefficient (Wildman–Crippen LogP) is 2.38. The molecule has 0 amide bonds. The first-order valence-electron chi connectivity index (χ1n) is 8.33. The molecule has 1 aromatic heterocycles. The van der Waals surface area contributed by atoms with Crippen LogP contribution < -0.4 is 14.9 Å². The minimum atomic E-state index is -1.10. The lowest BCUT2D eigenvalue weighted by atomic mass is 10.1. The number of rotatable bonds is 4. The molecule has 5 nitrogen and oxygen atoms in total. The minimum absolute atomic E-state index is 0.0484. The normalized spacial score (nSPS) is 25.3. The Morgan fingerprint density at radius 2 is 1.91 bits per heavy atom. The van der Waals surface area contributed by atoms with Crippen LogP contribution in [0.25, 0.3) is 0 Å². The minimum Gasteiger partial charge on any atom is -0.598 e. The fraction of sp³-hybridized carbons (Fsp3) is 0.706. The third kappa shape index (κ3) is 5.08. The lowest BCUT2D eigenvalue weighted by Crippen LogP contribution is -2.54. The first-order chi connectivity index (χ1) is 10.7. The second-order valence-electron chi connectivity index (χ2n) is 7.52. The lowest BCUT2D eigenvalue weighted by molar-refractivity contribution is 0.405. The van der Waals surface area contributed by atoms with Gasteiger partial charge in [0.1, 0.15) is 10.6 Å². The van der Waals surface area contributed by atoms with E-state index >= 15 is 0 Å². The highest BCUT2D eigenvalue weighted by atomic mass is 32.2. The second kappa shape index (κ2) is 7.38. The average molecular weight is 339 g/mol. The fourth-order valence-corrected chi connectivity index (χ4v) is 3.56. The van der Waals surface area contributed by atoms with Crippen LogP contribution in [0.15, 0.2) is 18.2 Å². The van der Waals surface area contributed by atoms with E-state index in [1.807, 2.05) is 39.8 Å². The molecule has 2 N–H and O–H groups in total. The Kier molecular flexibility index (Phi) is 5.94. The van der Waals surface area contributed by atoms with Crippen LogP contribution in [0.2, 0.25) is 0 Å². The Bertz CT molecular complexity index is 510. The first kappa shape index (κ1) is 18.5. The molecule has 1 saturated heterocycles. The summed E-state index contributed by atoms with van der Waals surface area (Å²) in [5.74, 6) is 0.998. The van der Waals surface area contributed by atoms with Gasteiger partial charge in [-0.05, 0) is 53.7 Å². The third-order valence-electron chi connectivity index (χ3n) is 3.92. The Morgan fingerprint density at radius 1 is 1.30 bits per heavy atom. The molecule has 0 spiro atoms. The Hall–Kier alpha value is -0.820. The number of piperazine rings is 1. The molecule has 2 rings (SSSR count). The lowest BCUT2D eigenvalue weighted by Gasteiger charge is -2.37. The van der Waals surface area contributed by atoms with Crippen molar-refractivity contribution >= 4 is 17.2 Å². The van der Waals surface area contributed by atoms with Gasteiger partial charge in [-0.15, -0.1) is 4.72 Å². The van der Waals surface area contributed by atoms with E-state index in [-0.39, 0.29) is 10.8 Å². The van der Waals surface area contributed by atoms with E-state index in [1.54, 1.807) is 0 Å². The van der Waals surface area contributed by atoms with E-state index in [4.69, 9.17) is 4.98 Å². The van der Waals surface area contributed by atoms with Crippen molar-refractivity contribution in [1.82, 2.24) is 15.0 Å². The molecule has 1 aliphatic heterocycles. The van der Waals surface area contributed by atoms with Gasteiger partial charge in [-0.2, -0.15) is 0 Å². The van der Waals surface area contributed by atoms with E-state index in [1.165, 1.54) is 0 Å². The molecule has 0 aromatic carbocycles. The standard InChI is InChI=1S/C17H30N4OS/c1-12-10-21(11-13(2)18-12)16-9-7-8-15(19-16)14(3)20-23(22)17(4,5)6/h7-9,12-14,18,20H,10-11H2,1-6H3/t12-,13+,14?,23?. The number of pyridine rings is 1. The van der Waals surface area contributed by atoms with Crippen LogP contribution in [-0.4, -0.2) is 39.5 Å². The largest absolute Gasteiger partial charge is 0.598 e. The maximum atomic E-state index is 12.3. The van der Waals surface area contributed by atoms with E-state index < -0.39 is 11.4 Å². The van der Waals surface area contributed by atoms with Crippen LogP contribution in [0.1, 0.15) is 53.3 Å². The molecule has 23 heavy (non-hydrogen) atoms. The molecule has 1 aliphatic rings. The molecule has 130 valence electrons. The zero-order chi connectivity index (χ0) is 17.2. The molecule has 2 unspecified atom stereocenters. The summed E-state index contributed by atoms with van der Waals surface area (Å²) in [6, 6.07) is 6.94. The summed E-state index contributed by atoms with van der Waals surface area (Å²) in [5.41, 5.74) is 0.930. The van der Waals surface area contributed by atoms with Gasteiger partial charge >= 0.3 is 0 Å². The predicted molar refractivity (Wildman–Crippen MR) is 98.0 cm³/mol. The van der Waals surface area contributed by atoms with Crippen molar-refractivity contribution in [3.8, 4) is 0 Å². The molecule has 1 aromatic rings. The number of nitrogens with one attached hydrogen (secondary N) is 2. The van der Waals surface area contributed by atoms with E-state index in [9.17, 15) is 4.55 Å². The highest BCUT2D eigenvalue weighted by Gasteiger charge is 2.29. The number of hydrogen-bond acceptors (Lipinski definition) is 5. The van der Waals surface area contributed by atoms with Gasteiger partial charge in [0.15, 0.2) is 0 Å². The molecule has 2 heterocycles. The molecule has 0 saturated carbocycles. The Labute approximate surface area is 143 Å². The zero-order valence-electron chi connectivity index (χ0n) is 15.1. The molecule has 4 atom stereocenters. The quantitative estimate of drug-likeness (QED) is 0.825. The maximum Gasteiger partial charge on any atom is 0.136 e. The Balaban J connectivity index is 2.10. The maximum absolute atomic E-state index is 12.3. The van der Waals surface area contributed by atoms with Crippen molar-refractivity contribution < 1.29 is 4.55 Å². The molecule has 0 radical (unpaired) electrons. The van der Waals surface area contributed by atoms with Crippen molar-refractivity contribution in [3.63, 3.8) is 0 Å². The molecular formula is C17H30N4OS. The second-order valence-corrected chi connectivity index (χ2v) is 9.51. The Morgan fingerprint density at radius 3 is 2.48 bits per heavy atom. The molecule has 0 aliphatic carbocycles. The zero-order valence-corrected chi connectivity index (χ0v) is 15.9. The van der Waals surface area contributed by atoms with E-state index in [0.29, 0.717) is 12.1 Å². The van der Waals surface area contributed by atoms with Crippen LogP contribution in [0, 0.1) is 0 Å². The van der Waals surface area contributed by atoms with Gasteiger partial charge in [-0.3, -0.25) is 0 Å². The summed E-state index contributed by atoms with van der Waals surface area (Å²) in [7, 11) is 0. The smallest absolute Gasteiger partial charge is 0.136 e. The summed E-state index contributed by atoms with van der Waals surface area (Å²) >= 11 is -1.10. The summed E-state index contributed by atoms with van der Waals surface area (Å²) < 4.78 is 15.2. The van der Waals surface area contributed by atoms with Crippen LogP contribution in [0.4, 0.5) is 5.82 Å². The third-order valence-corrected chi connectivity index (χ3v) is 5.60. The van der Waals surface area contributed by atoms with Crippen LogP contribution in [0.5, 0.6) is 0 Å². The van der Waals surface area contributed by atoms with Gasteiger partial charge in [-0.1, -0.05) is 6.07 Å². The number of anilines is 1. The number of hydrogen-bond donors (Lipinski definition) is 2. The fourth-order valence-electron chi connectivity index (χ4n) is 2.77. The van der Waals surface area contributed by atoms with Crippen LogP contribution in [-0.2, 0) is 11.4 Å². The SMILES string of the molecule is CC(N[S+]([O-])C(C)(C)C)c1cccc(N2C[C@@H](C)N[C@@H](C)C2)n1.